The molecule has 0 fully saturated rings. The topological polar surface area (TPSA) is 90.0 Å². The van der Waals surface area contributed by atoms with Gasteiger partial charge in [-0.25, -0.2) is 4.98 Å². The summed E-state index contributed by atoms with van der Waals surface area (Å²) in [7, 11) is 0. The number of thioether (sulfide) groups is 1. The van der Waals surface area contributed by atoms with Crippen molar-refractivity contribution < 1.29 is 9.32 Å². The van der Waals surface area contributed by atoms with E-state index in [0.29, 0.717) is 34.2 Å². The molecule has 1 aromatic carbocycles. The lowest BCUT2D eigenvalue weighted by Gasteiger charge is -2.10. The summed E-state index contributed by atoms with van der Waals surface area (Å²) in [5.41, 5.74) is 0.528. The van der Waals surface area contributed by atoms with Crippen molar-refractivity contribution in [2.45, 2.75) is 25.5 Å². The lowest BCUT2D eigenvalue weighted by atomic mass is 10.2. The predicted octanol–water partition coefficient (Wildman–Crippen LogP) is 2.44. The Morgan fingerprint density at radius 2 is 2.17 bits per heavy atom. The highest BCUT2D eigenvalue weighted by Crippen LogP contribution is 2.18. The van der Waals surface area contributed by atoms with E-state index < -0.39 is 0 Å². The minimum atomic E-state index is -0.238. The van der Waals surface area contributed by atoms with Crippen LogP contribution in [-0.4, -0.2) is 26.4 Å². The molecule has 0 spiro atoms. The maximum absolute atomic E-state index is 12.5. The third-order valence-corrected chi connectivity index (χ3v) is 4.35. The van der Waals surface area contributed by atoms with Gasteiger partial charge in [0.25, 0.3) is 5.56 Å². The minimum absolute atomic E-state index is 0.0989. The molecule has 0 aliphatic heterocycles. The van der Waals surface area contributed by atoms with Crippen molar-refractivity contribution in [3.8, 4) is 0 Å². The molecular weight excluding hydrogens is 328 g/mol. The van der Waals surface area contributed by atoms with Crippen LogP contribution in [0.5, 0.6) is 0 Å². The normalized spacial score (nSPS) is 10.9. The van der Waals surface area contributed by atoms with Crippen molar-refractivity contribution in [3.63, 3.8) is 0 Å². The third-order valence-electron chi connectivity index (χ3n) is 3.37. The minimum Gasteiger partial charge on any atom is -0.360 e. The van der Waals surface area contributed by atoms with Crippen molar-refractivity contribution in [2.24, 2.45) is 0 Å². The fourth-order valence-corrected chi connectivity index (χ4v) is 3.13. The Hall–Kier alpha value is -2.61. The van der Waals surface area contributed by atoms with Crippen LogP contribution in [0.4, 0.5) is 5.82 Å². The van der Waals surface area contributed by atoms with E-state index in [1.165, 1.54) is 11.8 Å². The number of aromatic nitrogens is 3. The van der Waals surface area contributed by atoms with E-state index in [1.54, 1.807) is 29.7 Å². The van der Waals surface area contributed by atoms with E-state index in [2.05, 4.69) is 15.5 Å². The molecule has 24 heavy (non-hydrogen) atoms. The number of fused-ring (bicyclic) bond motifs is 1. The average Bonchev–Trinajstić information content (AvgIpc) is 2.98. The van der Waals surface area contributed by atoms with Crippen LogP contribution < -0.4 is 10.9 Å². The molecule has 3 aromatic rings. The standard InChI is InChI=1S/C16H16N4O3S/c1-3-20-15(22)11-6-4-5-7-12(11)17-16(20)24-9-14(21)18-13-8-10(2)23-19-13/h4-8H,3,9H2,1-2H3,(H,18,19,21). The van der Waals surface area contributed by atoms with Gasteiger partial charge in [0.2, 0.25) is 5.91 Å². The summed E-state index contributed by atoms with van der Waals surface area (Å²) in [4.78, 5) is 29.0. The molecule has 0 atom stereocenters. The van der Waals surface area contributed by atoms with E-state index in [4.69, 9.17) is 4.52 Å². The predicted molar refractivity (Wildman–Crippen MR) is 92.3 cm³/mol. The van der Waals surface area contributed by atoms with Crippen LogP contribution in [-0.2, 0) is 11.3 Å². The highest BCUT2D eigenvalue weighted by molar-refractivity contribution is 7.99. The van der Waals surface area contributed by atoms with E-state index in [1.807, 2.05) is 19.1 Å². The number of hydrogen-bond acceptors (Lipinski definition) is 6. The molecule has 7 nitrogen and oxygen atoms in total. The van der Waals surface area contributed by atoms with Crippen LogP contribution in [0.15, 0.2) is 44.8 Å². The monoisotopic (exact) mass is 344 g/mol. The van der Waals surface area contributed by atoms with Crippen molar-refractivity contribution in [1.29, 1.82) is 0 Å². The molecule has 0 bridgehead atoms. The number of para-hydroxylation sites is 1. The summed E-state index contributed by atoms with van der Waals surface area (Å²) in [5, 5.41) is 7.45. The van der Waals surface area contributed by atoms with Crippen LogP contribution in [0.3, 0.4) is 0 Å². The molecular formula is C16H16N4O3S. The maximum atomic E-state index is 12.5. The molecule has 1 amide bonds. The molecule has 0 aliphatic carbocycles. The van der Waals surface area contributed by atoms with Gasteiger partial charge in [-0.2, -0.15) is 0 Å². The van der Waals surface area contributed by atoms with Crippen molar-refractivity contribution in [2.75, 3.05) is 11.1 Å². The molecule has 2 heterocycles. The highest BCUT2D eigenvalue weighted by Gasteiger charge is 2.13. The van der Waals surface area contributed by atoms with Gasteiger partial charge in [-0.05, 0) is 26.0 Å². The molecule has 0 saturated heterocycles. The van der Waals surface area contributed by atoms with E-state index in [0.717, 1.165) is 0 Å². The molecule has 124 valence electrons. The fraction of sp³-hybridized carbons (Fsp3) is 0.250. The number of carbonyl (C=O) groups excluding carboxylic acids is 1. The SMILES string of the molecule is CCn1c(SCC(=O)Nc2cc(C)on2)nc2ccccc2c1=O. The van der Waals surface area contributed by atoms with Gasteiger partial charge in [-0.3, -0.25) is 14.2 Å². The first-order valence-electron chi connectivity index (χ1n) is 7.44. The second kappa shape index (κ2) is 6.88. The van der Waals surface area contributed by atoms with Crippen LogP contribution in [0.25, 0.3) is 10.9 Å². The zero-order chi connectivity index (χ0) is 17.1. The number of rotatable bonds is 5. The Labute approximate surface area is 142 Å². The average molecular weight is 344 g/mol. The summed E-state index contributed by atoms with van der Waals surface area (Å²) in [6.45, 7) is 4.11. The van der Waals surface area contributed by atoms with Crippen LogP contribution in [0.2, 0.25) is 0 Å². The van der Waals surface area contributed by atoms with E-state index >= 15 is 0 Å². The smallest absolute Gasteiger partial charge is 0.262 e. The lowest BCUT2D eigenvalue weighted by Crippen LogP contribution is -2.23. The molecule has 0 aliphatic rings. The van der Waals surface area contributed by atoms with Gasteiger partial charge in [-0.1, -0.05) is 29.1 Å². The van der Waals surface area contributed by atoms with Crippen molar-refractivity contribution >= 4 is 34.4 Å². The first kappa shape index (κ1) is 16.3. The quantitative estimate of drug-likeness (QED) is 0.565. The van der Waals surface area contributed by atoms with Gasteiger partial charge in [0.1, 0.15) is 5.76 Å². The molecule has 0 radical (unpaired) electrons. The Morgan fingerprint density at radius 3 is 2.88 bits per heavy atom. The van der Waals surface area contributed by atoms with Gasteiger partial charge in [0, 0.05) is 12.6 Å². The molecule has 8 heteroatoms. The zero-order valence-corrected chi connectivity index (χ0v) is 14.1. The number of anilines is 1. The van der Waals surface area contributed by atoms with Gasteiger partial charge < -0.3 is 9.84 Å². The van der Waals surface area contributed by atoms with Crippen LogP contribution >= 0.6 is 11.8 Å². The molecule has 0 unspecified atom stereocenters. The number of carbonyl (C=O) groups is 1. The number of nitrogens with one attached hydrogen (secondary N) is 1. The molecule has 3 rings (SSSR count). The van der Waals surface area contributed by atoms with Crippen molar-refractivity contribution in [3.05, 3.63) is 46.4 Å². The summed E-state index contributed by atoms with van der Waals surface area (Å²) in [6.07, 6.45) is 0. The number of aryl methyl sites for hydroxylation is 1. The number of amides is 1. The Kier molecular flexibility index (Phi) is 4.66. The van der Waals surface area contributed by atoms with Gasteiger partial charge in [0.05, 0.1) is 16.7 Å². The Balaban J connectivity index is 1.79. The van der Waals surface area contributed by atoms with Crippen LogP contribution in [0, 0.1) is 6.92 Å². The molecule has 1 N–H and O–H groups in total. The first-order valence-corrected chi connectivity index (χ1v) is 8.42. The number of hydrogen-bond donors (Lipinski definition) is 1. The van der Waals surface area contributed by atoms with Crippen LogP contribution in [0.1, 0.15) is 12.7 Å². The second-order valence-electron chi connectivity index (χ2n) is 5.12. The fourth-order valence-electron chi connectivity index (χ4n) is 2.27. The molecule has 0 saturated carbocycles. The summed E-state index contributed by atoms with van der Waals surface area (Å²) in [5.74, 6) is 0.876. The summed E-state index contributed by atoms with van der Waals surface area (Å²) in [6, 6.07) is 8.83. The molecule has 2 aromatic heterocycles. The van der Waals surface area contributed by atoms with E-state index in [-0.39, 0.29) is 17.2 Å². The summed E-state index contributed by atoms with van der Waals surface area (Å²) < 4.78 is 6.47. The Bertz CT molecular complexity index is 948. The number of nitrogens with zero attached hydrogens (tertiary/aromatic N) is 3. The van der Waals surface area contributed by atoms with Gasteiger partial charge in [-0.15, -0.1) is 0 Å². The highest BCUT2D eigenvalue weighted by atomic mass is 32.2. The van der Waals surface area contributed by atoms with Gasteiger partial charge in [0.15, 0.2) is 11.0 Å². The summed E-state index contributed by atoms with van der Waals surface area (Å²) >= 11 is 1.22. The van der Waals surface area contributed by atoms with Gasteiger partial charge >= 0.3 is 0 Å². The number of benzene rings is 1. The second-order valence-corrected chi connectivity index (χ2v) is 6.06. The zero-order valence-electron chi connectivity index (χ0n) is 13.3. The lowest BCUT2D eigenvalue weighted by molar-refractivity contribution is -0.113. The first-order chi connectivity index (χ1) is 11.6. The largest absolute Gasteiger partial charge is 0.360 e. The van der Waals surface area contributed by atoms with Crippen molar-refractivity contribution in [1.82, 2.24) is 14.7 Å². The van der Waals surface area contributed by atoms with E-state index in [9.17, 15) is 9.59 Å². The Morgan fingerprint density at radius 1 is 1.38 bits per heavy atom. The maximum Gasteiger partial charge on any atom is 0.262 e. The third kappa shape index (κ3) is 3.33.